The van der Waals surface area contributed by atoms with Gasteiger partial charge in [-0.15, -0.1) is 0 Å². The predicted molar refractivity (Wildman–Crippen MR) is 93.4 cm³/mol. The first-order valence-corrected chi connectivity index (χ1v) is 7.64. The second-order valence-electron chi connectivity index (χ2n) is 5.47. The summed E-state index contributed by atoms with van der Waals surface area (Å²) >= 11 is 0. The molecule has 0 saturated carbocycles. The zero-order valence-electron chi connectivity index (χ0n) is 13.5. The standard InChI is InChI=1S/C19H22FN3/c1-4-13(2)14(3)18(15-9-11-22-12-10-15)19(23-21)16-5-7-17(20)8-6-16/h5-13,23H,3-4,21H2,1-2H3/b19-18+. The highest BCUT2D eigenvalue weighted by Gasteiger charge is 2.17. The number of hydrogen-bond acceptors (Lipinski definition) is 3. The fourth-order valence-corrected chi connectivity index (χ4v) is 2.42. The number of hydrogen-bond donors (Lipinski definition) is 2. The summed E-state index contributed by atoms with van der Waals surface area (Å²) in [5, 5.41) is 0. The van der Waals surface area contributed by atoms with Crippen molar-refractivity contribution < 1.29 is 4.39 Å². The molecule has 3 nitrogen and oxygen atoms in total. The zero-order valence-corrected chi connectivity index (χ0v) is 13.5. The molecule has 0 fully saturated rings. The number of benzene rings is 1. The van der Waals surface area contributed by atoms with E-state index in [9.17, 15) is 4.39 Å². The maximum atomic E-state index is 13.2. The Labute approximate surface area is 136 Å². The van der Waals surface area contributed by atoms with Gasteiger partial charge in [0.2, 0.25) is 0 Å². The van der Waals surface area contributed by atoms with E-state index < -0.39 is 0 Å². The lowest BCUT2D eigenvalue weighted by molar-refractivity contribution is 0.627. The number of hydrazine groups is 1. The summed E-state index contributed by atoms with van der Waals surface area (Å²) in [4.78, 5) is 4.07. The number of pyridine rings is 1. The number of nitrogens with one attached hydrogen (secondary N) is 1. The van der Waals surface area contributed by atoms with Gasteiger partial charge in [0.1, 0.15) is 5.82 Å². The van der Waals surface area contributed by atoms with E-state index in [0.29, 0.717) is 5.92 Å². The normalized spacial score (nSPS) is 13.2. The van der Waals surface area contributed by atoms with Crippen LogP contribution in [0, 0.1) is 11.7 Å². The van der Waals surface area contributed by atoms with Crippen LogP contribution in [-0.2, 0) is 0 Å². The van der Waals surface area contributed by atoms with Crippen LogP contribution in [-0.4, -0.2) is 4.98 Å². The molecule has 0 aliphatic rings. The van der Waals surface area contributed by atoms with Gasteiger partial charge < -0.3 is 5.43 Å². The van der Waals surface area contributed by atoms with Crippen LogP contribution in [0.4, 0.5) is 4.39 Å². The predicted octanol–water partition coefficient (Wildman–Crippen LogP) is 4.15. The topological polar surface area (TPSA) is 50.9 Å². The molecule has 0 bridgehead atoms. The highest BCUT2D eigenvalue weighted by molar-refractivity contribution is 5.97. The summed E-state index contributed by atoms with van der Waals surface area (Å²) < 4.78 is 13.2. The average Bonchev–Trinajstić information content (AvgIpc) is 2.60. The number of allylic oxidation sites excluding steroid dienone is 2. The Morgan fingerprint density at radius 3 is 2.30 bits per heavy atom. The third-order valence-corrected chi connectivity index (χ3v) is 4.02. The molecule has 0 aliphatic heterocycles. The summed E-state index contributed by atoms with van der Waals surface area (Å²) in [6, 6.07) is 10.1. The molecule has 120 valence electrons. The molecule has 1 heterocycles. The molecule has 1 atom stereocenters. The average molecular weight is 311 g/mol. The smallest absolute Gasteiger partial charge is 0.123 e. The van der Waals surface area contributed by atoms with Gasteiger partial charge in [-0.25, -0.2) is 4.39 Å². The van der Waals surface area contributed by atoms with Crippen LogP contribution in [0.15, 0.2) is 60.9 Å². The molecule has 2 rings (SSSR count). The van der Waals surface area contributed by atoms with Gasteiger partial charge in [0.05, 0.1) is 5.70 Å². The highest BCUT2D eigenvalue weighted by Crippen LogP contribution is 2.34. The van der Waals surface area contributed by atoms with E-state index in [1.54, 1.807) is 24.5 Å². The van der Waals surface area contributed by atoms with Crippen molar-refractivity contribution in [1.29, 1.82) is 0 Å². The number of halogens is 1. The Morgan fingerprint density at radius 2 is 1.78 bits per heavy atom. The van der Waals surface area contributed by atoms with Crippen molar-refractivity contribution in [3.05, 3.63) is 77.9 Å². The van der Waals surface area contributed by atoms with Gasteiger partial charge in [-0.05, 0) is 65.4 Å². The molecule has 0 saturated heterocycles. The zero-order chi connectivity index (χ0) is 16.8. The minimum atomic E-state index is -0.281. The van der Waals surface area contributed by atoms with E-state index in [2.05, 4.69) is 30.8 Å². The third-order valence-electron chi connectivity index (χ3n) is 4.02. The van der Waals surface area contributed by atoms with Gasteiger partial charge in [-0.3, -0.25) is 10.8 Å². The largest absolute Gasteiger partial charge is 0.323 e. The maximum Gasteiger partial charge on any atom is 0.123 e. The van der Waals surface area contributed by atoms with Crippen LogP contribution >= 0.6 is 0 Å². The van der Waals surface area contributed by atoms with E-state index in [1.165, 1.54) is 12.1 Å². The quantitative estimate of drug-likeness (QED) is 0.478. The van der Waals surface area contributed by atoms with Crippen LogP contribution in [0.5, 0.6) is 0 Å². The Hall–Kier alpha value is -2.46. The molecule has 1 unspecified atom stereocenters. The molecule has 3 N–H and O–H groups in total. The molecular weight excluding hydrogens is 289 g/mol. The summed E-state index contributed by atoms with van der Waals surface area (Å²) in [6.07, 6.45) is 4.44. The fourth-order valence-electron chi connectivity index (χ4n) is 2.42. The van der Waals surface area contributed by atoms with Gasteiger partial charge in [0, 0.05) is 18.0 Å². The van der Waals surface area contributed by atoms with Gasteiger partial charge in [-0.2, -0.15) is 0 Å². The van der Waals surface area contributed by atoms with Crippen LogP contribution < -0.4 is 11.3 Å². The molecule has 0 radical (unpaired) electrons. The van der Waals surface area contributed by atoms with Crippen molar-refractivity contribution >= 4 is 11.3 Å². The van der Waals surface area contributed by atoms with E-state index in [0.717, 1.165) is 34.4 Å². The molecule has 0 amide bonds. The summed E-state index contributed by atoms with van der Waals surface area (Å²) in [7, 11) is 0. The lowest BCUT2D eigenvalue weighted by Gasteiger charge is -2.21. The molecule has 4 heteroatoms. The highest BCUT2D eigenvalue weighted by atomic mass is 19.1. The second-order valence-corrected chi connectivity index (χ2v) is 5.47. The Kier molecular flexibility index (Phi) is 5.66. The lowest BCUT2D eigenvalue weighted by Crippen LogP contribution is -2.22. The van der Waals surface area contributed by atoms with E-state index in [4.69, 9.17) is 5.84 Å². The van der Waals surface area contributed by atoms with Gasteiger partial charge in [-0.1, -0.05) is 20.4 Å². The SMILES string of the molecule is C=C(/C(=C(\NN)c1ccc(F)cc1)c1ccncc1)C(C)CC. The number of rotatable bonds is 6. The first-order chi connectivity index (χ1) is 11.1. The van der Waals surface area contributed by atoms with Crippen molar-refractivity contribution in [2.24, 2.45) is 11.8 Å². The fraction of sp³-hybridized carbons (Fsp3) is 0.211. The molecule has 2 aromatic rings. The van der Waals surface area contributed by atoms with Gasteiger partial charge in [0.15, 0.2) is 0 Å². The first kappa shape index (κ1) is 16.9. The lowest BCUT2D eigenvalue weighted by atomic mass is 9.86. The monoisotopic (exact) mass is 311 g/mol. The molecule has 1 aromatic carbocycles. The Morgan fingerprint density at radius 1 is 1.17 bits per heavy atom. The number of aromatic nitrogens is 1. The second kappa shape index (κ2) is 7.70. The molecule has 1 aromatic heterocycles. The van der Waals surface area contributed by atoms with Crippen molar-refractivity contribution in [2.75, 3.05) is 0 Å². The molecule has 23 heavy (non-hydrogen) atoms. The first-order valence-electron chi connectivity index (χ1n) is 7.64. The van der Waals surface area contributed by atoms with Crippen molar-refractivity contribution in [2.45, 2.75) is 20.3 Å². The molecular formula is C19H22FN3. The summed E-state index contributed by atoms with van der Waals surface area (Å²) in [6.45, 7) is 8.51. The van der Waals surface area contributed by atoms with E-state index >= 15 is 0 Å². The minimum Gasteiger partial charge on any atom is -0.323 e. The summed E-state index contributed by atoms with van der Waals surface area (Å²) in [5.41, 5.74) is 7.19. The van der Waals surface area contributed by atoms with Gasteiger partial charge in [0.25, 0.3) is 0 Å². The molecule has 0 aliphatic carbocycles. The Bertz CT molecular complexity index is 690. The Balaban J connectivity index is 2.66. The van der Waals surface area contributed by atoms with Gasteiger partial charge >= 0.3 is 0 Å². The van der Waals surface area contributed by atoms with Crippen LogP contribution in [0.3, 0.4) is 0 Å². The minimum absolute atomic E-state index is 0.281. The maximum absolute atomic E-state index is 13.2. The van der Waals surface area contributed by atoms with Crippen LogP contribution in [0.25, 0.3) is 11.3 Å². The third kappa shape index (κ3) is 3.85. The molecule has 0 spiro atoms. The van der Waals surface area contributed by atoms with Crippen molar-refractivity contribution in [1.82, 2.24) is 10.4 Å². The van der Waals surface area contributed by atoms with E-state index in [1.807, 2.05) is 12.1 Å². The number of nitrogens with zero attached hydrogens (tertiary/aromatic N) is 1. The van der Waals surface area contributed by atoms with E-state index in [-0.39, 0.29) is 5.82 Å². The number of nitrogens with two attached hydrogens (primary N) is 1. The van der Waals surface area contributed by atoms with Crippen LogP contribution in [0.1, 0.15) is 31.4 Å². The van der Waals surface area contributed by atoms with Crippen LogP contribution in [0.2, 0.25) is 0 Å². The van der Waals surface area contributed by atoms with Crippen molar-refractivity contribution in [3.8, 4) is 0 Å². The summed E-state index contributed by atoms with van der Waals surface area (Å²) in [5.74, 6) is 5.81. The van der Waals surface area contributed by atoms with Crippen molar-refractivity contribution in [3.63, 3.8) is 0 Å².